The van der Waals surface area contributed by atoms with Gasteiger partial charge in [0.15, 0.2) is 0 Å². The van der Waals surface area contributed by atoms with Crippen LogP contribution in [0.25, 0.3) is 0 Å². The highest BCUT2D eigenvalue weighted by atomic mass is 16.3. The number of nitrogens with zero attached hydrogens (tertiary/aromatic N) is 4. The molecule has 1 unspecified atom stereocenters. The van der Waals surface area contributed by atoms with Gasteiger partial charge in [0.2, 0.25) is 5.91 Å². The van der Waals surface area contributed by atoms with Crippen LogP contribution in [0.4, 0.5) is 0 Å². The van der Waals surface area contributed by atoms with Crippen molar-refractivity contribution in [1.29, 1.82) is 0 Å². The fraction of sp³-hybridized carbons (Fsp3) is 0.667. The van der Waals surface area contributed by atoms with Crippen LogP contribution in [0.2, 0.25) is 0 Å². The van der Waals surface area contributed by atoms with E-state index in [0.717, 1.165) is 5.69 Å². The number of aliphatic hydroxyl groups is 1. The van der Waals surface area contributed by atoms with Crippen molar-refractivity contribution in [3.05, 3.63) is 17.5 Å². The molecule has 2 rings (SSSR count). The largest absolute Gasteiger partial charge is 0.389 e. The van der Waals surface area contributed by atoms with Gasteiger partial charge in [-0.15, -0.1) is 0 Å². The van der Waals surface area contributed by atoms with E-state index in [0.29, 0.717) is 18.0 Å². The predicted octanol–water partition coefficient (Wildman–Crippen LogP) is 0.0298. The van der Waals surface area contributed by atoms with Gasteiger partial charge < -0.3 is 14.9 Å². The van der Waals surface area contributed by atoms with E-state index in [4.69, 9.17) is 0 Å². The molecule has 2 amide bonds. The van der Waals surface area contributed by atoms with Gasteiger partial charge >= 0.3 is 0 Å². The highest BCUT2D eigenvalue weighted by Gasteiger charge is 2.31. The van der Waals surface area contributed by atoms with Crippen LogP contribution in [0.3, 0.4) is 0 Å². The van der Waals surface area contributed by atoms with Crippen molar-refractivity contribution in [1.82, 2.24) is 19.6 Å². The van der Waals surface area contributed by atoms with E-state index in [1.54, 1.807) is 23.6 Å². The first-order chi connectivity index (χ1) is 10.3. The fourth-order valence-corrected chi connectivity index (χ4v) is 2.65. The second-order valence-electron chi connectivity index (χ2n) is 6.30. The Balaban J connectivity index is 2.17. The summed E-state index contributed by atoms with van der Waals surface area (Å²) in [5, 5.41) is 14.2. The molecule has 7 heteroatoms. The normalized spacial score (nSPS) is 19.7. The Morgan fingerprint density at radius 3 is 2.68 bits per heavy atom. The summed E-state index contributed by atoms with van der Waals surface area (Å²) in [5.74, 6) is -0.0662. The minimum absolute atomic E-state index is 0.00303. The third kappa shape index (κ3) is 3.47. The smallest absolute Gasteiger partial charge is 0.257 e. The van der Waals surface area contributed by atoms with Gasteiger partial charge in [0.05, 0.1) is 17.9 Å². The van der Waals surface area contributed by atoms with Crippen molar-refractivity contribution in [3.8, 4) is 0 Å². The number of rotatable bonds is 3. The number of carbonyl (C=O) groups is 2. The van der Waals surface area contributed by atoms with E-state index in [-0.39, 0.29) is 31.4 Å². The zero-order chi connectivity index (χ0) is 16.4. The minimum atomic E-state index is -0.730. The second-order valence-corrected chi connectivity index (χ2v) is 6.30. The maximum absolute atomic E-state index is 12.6. The minimum Gasteiger partial charge on any atom is -0.389 e. The molecule has 1 aliphatic heterocycles. The van der Waals surface area contributed by atoms with Gasteiger partial charge in [0, 0.05) is 32.4 Å². The number of aromatic nitrogens is 2. The van der Waals surface area contributed by atoms with Gasteiger partial charge in [-0.25, -0.2) is 0 Å². The molecule has 122 valence electrons. The second kappa shape index (κ2) is 6.48. The molecule has 0 radical (unpaired) electrons. The van der Waals surface area contributed by atoms with Gasteiger partial charge in [-0.3, -0.25) is 14.3 Å². The summed E-state index contributed by atoms with van der Waals surface area (Å²) in [6.07, 6.45) is 0.775. The predicted molar refractivity (Wildman–Crippen MR) is 81.3 cm³/mol. The van der Waals surface area contributed by atoms with Crippen molar-refractivity contribution in [2.24, 2.45) is 13.0 Å². The number of amides is 2. The van der Waals surface area contributed by atoms with Gasteiger partial charge in [0.1, 0.15) is 6.54 Å². The summed E-state index contributed by atoms with van der Waals surface area (Å²) >= 11 is 0. The molecule has 1 saturated heterocycles. The third-order valence-corrected chi connectivity index (χ3v) is 3.88. The SMILES string of the molecule is Cc1c(C(=O)N2CC(=O)N(CC(C)C)CC(O)C2)cnn1C. The summed E-state index contributed by atoms with van der Waals surface area (Å²) in [4.78, 5) is 28.0. The average Bonchev–Trinajstić information content (AvgIpc) is 2.68. The van der Waals surface area contributed by atoms with Gasteiger partial charge in [-0.05, 0) is 12.8 Å². The zero-order valence-corrected chi connectivity index (χ0v) is 13.6. The summed E-state index contributed by atoms with van der Waals surface area (Å²) in [6.45, 7) is 6.86. The highest BCUT2D eigenvalue weighted by Crippen LogP contribution is 2.14. The topological polar surface area (TPSA) is 78.7 Å². The van der Waals surface area contributed by atoms with Crippen molar-refractivity contribution in [3.63, 3.8) is 0 Å². The molecule has 0 spiro atoms. The van der Waals surface area contributed by atoms with Crippen LogP contribution in [-0.4, -0.2) is 68.8 Å². The Morgan fingerprint density at radius 1 is 1.45 bits per heavy atom. The molecule has 1 fully saturated rings. The van der Waals surface area contributed by atoms with E-state index in [9.17, 15) is 14.7 Å². The van der Waals surface area contributed by atoms with Gasteiger partial charge in [-0.1, -0.05) is 13.8 Å². The lowest BCUT2D eigenvalue weighted by Gasteiger charge is -2.23. The lowest BCUT2D eigenvalue weighted by molar-refractivity contribution is -0.131. The van der Waals surface area contributed by atoms with Crippen LogP contribution in [-0.2, 0) is 11.8 Å². The Bertz CT molecular complexity index is 567. The van der Waals surface area contributed by atoms with Crippen LogP contribution in [0, 0.1) is 12.8 Å². The molecular weight excluding hydrogens is 284 g/mol. The molecule has 1 N–H and O–H groups in total. The van der Waals surface area contributed by atoms with Crippen molar-refractivity contribution in [2.45, 2.75) is 26.9 Å². The zero-order valence-electron chi connectivity index (χ0n) is 13.6. The Hall–Kier alpha value is -1.89. The van der Waals surface area contributed by atoms with Crippen LogP contribution in [0.5, 0.6) is 0 Å². The van der Waals surface area contributed by atoms with Crippen LogP contribution in [0.1, 0.15) is 29.9 Å². The molecule has 0 saturated carbocycles. The fourth-order valence-electron chi connectivity index (χ4n) is 2.65. The number of aryl methyl sites for hydroxylation is 1. The maximum Gasteiger partial charge on any atom is 0.257 e. The number of hydrogen-bond donors (Lipinski definition) is 1. The van der Waals surface area contributed by atoms with Gasteiger partial charge in [-0.2, -0.15) is 5.10 Å². The lowest BCUT2D eigenvalue weighted by Crippen LogP contribution is -2.40. The quantitative estimate of drug-likeness (QED) is 0.854. The first-order valence-electron chi connectivity index (χ1n) is 7.53. The summed E-state index contributed by atoms with van der Waals surface area (Å²) in [7, 11) is 1.76. The van der Waals surface area contributed by atoms with Crippen molar-refractivity contribution in [2.75, 3.05) is 26.2 Å². The van der Waals surface area contributed by atoms with E-state index in [2.05, 4.69) is 5.10 Å². The molecule has 1 aromatic heterocycles. The van der Waals surface area contributed by atoms with Crippen LogP contribution in [0.15, 0.2) is 6.20 Å². The molecule has 1 aliphatic rings. The molecule has 2 heterocycles. The first-order valence-corrected chi connectivity index (χ1v) is 7.53. The maximum atomic E-state index is 12.6. The number of β-amino-alcohol motifs (C(OH)–C–C–N with tert-alkyl or cyclic N) is 1. The first kappa shape index (κ1) is 16.5. The van der Waals surface area contributed by atoms with Crippen molar-refractivity contribution >= 4 is 11.8 Å². The van der Waals surface area contributed by atoms with Crippen molar-refractivity contribution < 1.29 is 14.7 Å². The summed E-state index contributed by atoms with van der Waals surface area (Å²) in [5.41, 5.74) is 1.22. The third-order valence-electron chi connectivity index (χ3n) is 3.88. The van der Waals surface area contributed by atoms with E-state index >= 15 is 0 Å². The Kier molecular flexibility index (Phi) is 4.85. The standard InChI is InChI=1S/C15H24N4O3/c1-10(2)6-18-7-12(20)8-19(9-14(18)21)15(22)13-5-16-17(4)11(13)3/h5,10,12,20H,6-9H2,1-4H3. The molecule has 0 aromatic carbocycles. The summed E-state index contributed by atoms with van der Waals surface area (Å²) in [6, 6.07) is 0. The molecule has 22 heavy (non-hydrogen) atoms. The Labute approximate surface area is 130 Å². The molecule has 1 aromatic rings. The van der Waals surface area contributed by atoms with E-state index in [1.165, 1.54) is 11.1 Å². The number of aliphatic hydroxyl groups excluding tert-OH is 1. The molecule has 0 aliphatic carbocycles. The number of hydrogen-bond acceptors (Lipinski definition) is 4. The van der Waals surface area contributed by atoms with Crippen LogP contribution < -0.4 is 0 Å². The van der Waals surface area contributed by atoms with E-state index in [1.807, 2.05) is 13.8 Å². The lowest BCUT2D eigenvalue weighted by atomic mass is 10.2. The summed E-state index contributed by atoms with van der Waals surface area (Å²) < 4.78 is 1.62. The highest BCUT2D eigenvalue weighted by molar-refractivity contribution is 5.97. The Morgan fingerprint density at radius 2 is 2.14 bits per heavy atom. The molecular formula is C15H24N4O3. The molecule has 0 bridgehead atoms. The number of carbonyl (C=O) groups excluding carboxylic acids is 2. The molecule has 7 nitrogen and oxygen atoms in total. The van der Waals surface area contributed by atoms with E-state index < -0.39 is 6.10 Å². The average molecular weight is 308 g/mol. The van der Waals surface area contributed by atoms with Crippen LogP contribution >= 0.6 is 0 Å². The van der Waals surface area contributed by atoms with Gasteiger partial charge in [0.25, 0.3) is 5.91 Å². The molecule has 1 atom stereocenters. The monoisotopic (exact) mass is 308 g/mol.